The van der Waals surface area contributed by atoms with Crippen LogP contribution >= 0.6 is 7.92 Å². The number of pyridine rings is 1. The molecule has 0 unspecified atom stereocenters. The Kier molecular flexibility index (Phi) is 7.22. The van der Waals surface area contributed by atoms with Crippen LogP contribution in [0, 0.1) is 0 Å². The van der Waals surface area contributed by atoms with E-state index in [2.05, 4.69) is 65.7 Å². The van der Waals surface area contributed by atoms with Crippen molar-refractivity contribution in [3.8, 4) is 0 Å². The highest BCUT2D eigenvalue weighted by Crippen LogP contribution is 2.32. The fraction of sp³-hybridized carbons (Fsp3) is 0.208. The number of hydrogen-bond acceptors (Lipinski definition) is 3. The average Bonchev–Trinajstić information content (AvgIpc) is 2.77. The molecule has 2 aromatic carbocycles. The second kappa shape index (κ2) is 10.1. The van der Waals surface area contributed by atoms with Crippen molar-refractivity contribution in [2.24, 2.45) is 9.98 Å². The van der Waals surface area contributed by atoms with Crippen molar-refractivity contribution >= 4 is 30.0 Å². The Labute approximate surface area is 169 Å². The van der Waals surface area contributed by atoms with E-state index in [0.717, 1.165) is 35.5 Å². The van der Waals surface area contributed by atoms with Gasteiger partial charge in [-0.3, -0.25) is 9.98 Å². The Morgan fingerprint density at radius 2 is 1.29 bits per heavy atom. The minimum absolute atomic E-state index is 0.416. The highest BCUT2D eigenvalue weighted by molar-refractivity contribution is 7.73. The molecule has 0 atom stereocenters. The molecule has 0 aliphatic rings. The Hall–Kier alpha value is -2.64. The quantitative estimate of drug-likeness (QED) is 0.436. The summed E-state index contributed by atoms with van der Waals surface area (Å²) in [5.74, 6) is 0. The highest BCUT2D eigenvalue weighted by Gasteiger charge is 2.13. The van der Waals surface area contributed by atoms with Gasteiger partial charge in [-0.05, 0) is 50.7 Å². The maximum absolute atomic E-state index is 4.84. The highest BCUT2D eigenvalue weighted by atomic mass is 31.1. The van der Waals surface area contributed by atoms with Gasteiger partial charge in [0.15, 0.2) is 0 Å². The van der Waals surface area contributed by atoms with E-state index in [9.17, 15) is 0 Å². The van der Waals surface area contributed by atoms with Crippen molar-refractivity contribution in [3.05, 3.63) is 90.3 Å². The molecule has 0 radical (unpaired) electrons. The number of hydrogen-bond donors (Lipinski definition) is 0. The summed E-state index contributed by atoms with van der Waals surface area (Å²) in [6.45, 7) is 4.80. The van der Waals surface area contributed by atoms with Gasteiger partial charge >= 0.3 is 0 Å². The van der Waals surface area contributed by atoms with Crippen molar-refractivity contribution < 1.29 is 0 Å². The first-order valence-electron chi connectivity index (χ1n) is 9.49. The smallest absolute Gasteiger partial charge is 0.0845 e. The van der Waals surface area contributed by atoms with Gasteiger partial charge in [0, 0.05) is 13.6 Å². The predicted octanol–water partition coefficient (Wildman–Crippen LogP) is 4.46. The maximum atomic E-state index is 4.84. The zero-order valence-corrected chi connectivity index (χ0v) is 17.6. The first-order valence-corrected chi connectivity index (χ1v) is 11.0. The molecule has 0 aliphatic carbocycles. The standard InChI is InChI=1S/C24H26N3P/c1-19(25-3)23-15-10-16-24(27-23)20(2)26-17-18-28(21-11-6-4-7-12-21)22-13-8-5-9-14-22/h4-16H,17-18H2,1-3H3/b25-19+,26-20+. The van der Waals surface area contributed by atoms with Gasteiger partial charge in [-0.15, -0.1) is 0 Å². The summed E-state index contributed by atoms with van der Waals surface area (Å²) >= 11 is 0. The van der Waals surface area contributed by atoms with Crippen molar-refractivity contribution in [1.82, 2.24) is 4.98 Å². The molecule has 3 rings (SSSR count). The summed E-state index contributed by atoms with van der Waals surface area (Å²) < 4.78 is 0. The molecule has 3 nitrogen and oxygen atoms in total. The predicted molar refractivity (Wildman–Crippen MR) is 123 cm³/mol. The Morgan fingerprint density at radius 1 is 0.750 bits per heavy atom. The summed E-state index contributed by atoms with van der Waals surface area (Å²) in [5.41, 5.74) is 3.74. The van der Waals surface area contributed by atoms with E-state index in [4.69, 9.17) is 9.98 Å². The molecular formula is C24H26N3P. The van der Waals surface area contributed by atoms with Crippen LogP contribution in [-0.4, -0.2) is 36.2 Å². The number of nitrogens with zero attached hydrogens (tertiary/aromatic N) is 3. The van der Waals surface area contributed by atoms with Gasteiger partial charge in [-0.1, -0.05) is 66.7 Å². The van der Waals surface area contributed by atoms with Crippen LogP contribution in [0.3, 0.4) is 0 Å². The molecule has 0 saturated carbocycles. The van der Waals surface area contributed by atoms with Crippen molar-refractivity contribution in [1.29, 1.82) is 0 Å². The average molecular weight is 387 g/mol. The Balaban J connectivity index is 1.77. The first kappa shape index (κ1) is 20.1. The number of aliphatic imine (C=N–C) groups is 2. The zero-order valence-electron chi connectivity index (χ0n) is 16.7. The monoisotopic (exact) mass is 387 g/mol. The number of rotatable bonds is 7. The van der Waals surface area contributed by atoms with E-state index in [1.807, 2.05) is 32.0 Å². The van der Waals surface area contributed by atoms with Crippen LogP contribution in [0.5, 0.6) is 0 Å². The molecule has 0 N–H and O–H groups in total. The third-order valence-corrected chi connectivity index (χ3v) is 7.12. The molecule has 1 heterocycles. The molecule has 3 aromatic rings. The summed E-state index contributed by atoms with van der Waals surface area (Å²) in [6.07, 6.45) is 1.02. The molecule has 4 heteroatoms. The van der Waals surface area contributed by atoms with Crippen LogP contribution in [-0.2, 0) is 0 Å². The molecule has 1 aromatic heterocycles. The molecule has 0 aliphatic heterocycles. The summed E-state index contributed by atoms with van der Waals surface area (Å²) in [6, 6.07) is 27.6. The lowest BCUT2D eigenvalue weighted by molar-refractivity contribution is 1.12. The molecule has 28 heavy (non-hydrogen) atoms. The molecule has 0 bridgehead atoms. The van der Waals surface area contributed by atoms with Gasteiger partial charge < -0.3 is 0 Å². The molecule has 0 amide bonds. The topological polar surface area (TPSA) is 37.6 Å². The van der Waals surface area contributed by atoms with E-state index in [-0.39, 0.29) is 0 Å². The number of benzene rings is 2. The molecular weight excluding hydrogens is 361 g/mol. The normalized spacial score (nSPS) is 12.4. The van der Waals surface area contributed by atoms with E-state index < -0.39 is 7.92 Å². The third-order valence-electron chi connectivity index (χ3n) is 4.63. The van der Waals surface area contributed by atoms with Crippen LogP contribution in [0.25, 0.3) is 0 Å². The summed E-state index contributed by atoms with van der Waals surface area (Å²) in [5, 5.41) is 2.79. The molecule has 0 fully saturated rings. The lowest BCUT2D eigenvalue weighted by Gasteiger charge is -2.18. The van der Waals surface area contributed by atoms with Crippen LogP contribution in [0.2, 0.25) is 0 Å². The van der Waals surface area contributed by atoms with Crippen LogP contribution in [0.4, 0.5) is 0 Å². The van der Waals surface area contributed by atoms with Crippen molar-refractivity contribution in [2.75, 3.05) is 19.8 Å². The van der Waals surface area contributed by atoms with Crippen molar-refractivity contribution in [2.45, 2.75) is 13.8 Å². The third kappa shape index (κ3) is 5.21. The van der Waals surface area contributed by atoms with E-state index in [0.29, 0.717) is 0 Å². The largest absolute Gasteiger partial charge is 0.291 e. The second-order valence-corrected chi connectivity index (χ2v) is 8.84. The second-order valence-electron chi connectivity index (χ2n) is 6.51. The lowest BCUT2D eigenvalue weighted by Crippen LogP contribution is -2.15. The number of aromatic nitrogens is 1. The molecule has 0 saturated heterocycles. The molecule has 0 spiro atoms. The van der Waals surface area contributed by atoms with E-state index >= 15 is 0 Å². The zero-order chi connectivity index (χ0) is 19.8. The van der Waals surface area contributed by atoms with E-state index in [1.54, 1.807) is 7.05 Å². The Bertz CT molecular complexity index is 910. The fourth-order valence-electron chi connectivity index (χ4n) is 2.97. The maximum Gasteiger partial charge on any atom is 0.0845 e. The van der Waals surface area contributed by atoms with Gasteiger partial charge in [0.2, 0.25) is 0 Å². The molecule has 142 valence electrons. The van der Waals surface area contributed by atoms with Gasteiger partial charge in [0.25, 0.3) is 0 Å². The Morgan fingerprint density at radius 3 is 1.82 bits per heavy atom. The van der Waals surface area contributed by atoms with Gasteiger partial charge in [0.1, 0.15) is 0 Å². The van der Waals surface area contributed by atoms with Crippen LogP contribution in [0.15, 0.2) is 88.8 Å². The lowest BCUT2D eigenvalue weighted by atomic mass is 10.2. The first-order chi connectivity index (χ1) is 13.7. The minimum atomic E-state index is -0.416. The van der Waals surface area contributed by atoms with Crippen LogP contribution < -0.4 is 10.6 Å². The summed E-state index contributed by atoms with van der Waals surface area (Å²) in [4.78, 5) is 13.8. The minimum Gasteiger partial charge on any atom is -0.291 e. The van der Waals surface area contributed by atoms with E-state index in [1.165, 1.54) is 10.6 Å². The van der Waals surface area contributed by atoms with Gasteiger partial charge in [-0.2, -0.15) is 0 Å². The SMILES string of the molecule is C/N=C(\C)c1cccc(/C(C)=N/CCP(c2ccccc2)c2ccccc2)n1. The van der Waals surface area contributed by atoms with Gasteiger partial charge in [0.05, 0.1) is 22.8 Å². The van der Waals surface area contributed by atoms with Crippen molar-refractivity contribution in [3.63, 3.8) is 0 Å². The van der Waals surface area contributed by atoms with Gasteiger partial charge in [-0.25, -0.2) is 4.98 Å². The fourth-order valence-corrected chi connectivity index (χ4v) is 5.15. The van der Waals surface area contributed by atoms with Crippen LogP contribution in [0.1, 0.15) is 25.2 Å². The summed E-state index contributed by atoms with van der Waals surface area (Å²) in [7, 11) is 1.38.